The molecule has 2 rings (SSSR count). The van der Waals surface area contributed by atoms with Crippen LogP contribution in [-0.4, -0.2) is 5.11 Å². The zero-order chi connectivity index (χ0) is 9.42. The summed E-state index contributed by atoms with van der Waals surface area (Å²) in [6, 6.07) is 5.59. The Balaban J connectivity index is 2.36. The fourth-order valence-corrected chi connectivity index (χ4v) is 1.79. The molecular weight excluding hydrogens is 162 g/mol. The van der Waals surface area contributed by atoms with Gasteiger partial charge < -0.3 is 10.8 Å². The number of aromatic hydroxyl groups is 1. The van der Waals surface area contributed by atoms with Gasteiger partial charge in [-0.1, -0.05) is 12.1 Å². The van der Waals surface area contributed by atoms with Crippen LogP contribution >= 0.6 is 0 Å². The molecule has 0 bridgehead atoms. The van der Waals surface area contributed by atoms with E-state index in [2.05, 4.69) is 0 Å². The number of phenolic OH excluding ortho intramolecular Hbond substituents is 1. The number of hydrogen-bond acceptors (Lipinski definition) is 2. The molecule has 1 aromatic rings. The lowest BCUT2D eigenvalue weighted by atomic mass is 9.97. The number of aryl methyl sites for hydroxylation is 1. The molecule has 2 heteroatoms. The van der Waals surface area contributed by atoms with Gasteiger partial charge in [-0.05, 0) is 37.3 Å². The maximum absolute atomic E-state index is 9.66. The summed E-state index contributed by atoms with van der Waals surface area (Å²) in [7, 11) is 0. The lowest BCUT2D eigenvalue weighted by molar-refractivity contribution is 0.455. The zero-order valence-corrected chi connectivity index (χ0v) is 7.83. The van der Waals surface area contributed by atoms with Crippen LogP contribution in [0.3, 0.4) is 0 Å². The van der Waals surface area contributed by atoms with Gasteiger partial charge in [0.05, 0.1) is 0 Å². The van der Waals surface area contributed by atoms with E-state index in [0.29, 0.717) is 11.7 Å². The van der Waals surface area contributed by atoms with Crippen LogP contribution in [0.2, 0.25) is 0 Å². The first-order valence-corrected chi connectivity index (χ1v) is 4.74. The Morgan fingerprint density at radius 3 is 2.69 bits per heavy atom. The van der Waals surface area contributed by atoms with Gasteiger partial charge in [-0.3, -0.25) is 0 Å². The predicted octanol–water partition coefficient (Wildman–Crippen LogP) is 2.11. The van der Waals surface area contributed by atoms with E-state index in [-0.39, 0.29) is 6.04 Å². The van der Waals surface area contributed by atoms with E-state index < -0.39 is 0 Å². The monoisotopic (exact) mass is 177 g/mol. The van der Waals surface area contributed by atoms with E-state index in [0.717, 1.165) is 11.1 Å². The maximum Gasteiger partial charge on any atom is 0.120 e. The standard InChI is InChI=1S/C11H15NO/c1-7-3-2-4-9(13)10(7)11(12)8-5-6-8/h2-4,8,11,13H,5-6,12H2,1H3/t11-/m1/s1. The Labute approximate surface area is 78.4 Å². The van der Waals surface area contributed by atoms with Crippen LogP contribution in [0, 0.1) is 12.8 Å². The van der Waals surface area contributed by atoms with E-state index >= 15 is 0 Å². The Morgan fingerprint density at radius 1 is 1.46 bits per heavy atom. The van der Waals surface area contributed by atoms with Crippen LogP contribution in [0.25, 0.3) is 0 Å². The molecule has 1 fully saturated rings. The predicted molar refractivity (Wildman–Crippen MR) is 52.5 cm³/mol. The molecule has 2 nitrogen and oxygen atoms in total. The average Bonchev–Trinajstić information content (AvgIpc) is 2.85. The summed E-state index contributed by atoms with van der Waals surface area (Å²) < 4.78 is 0. The SMILES string of the molecule is Cc1cccc(O)c1[C@H](N)C1CC1. The van der Waals surface area contributed by atoms with Crippen molar-refractivity contribution >= 4 is 0 Å². The minimum absolute atomic E-state index is 0.0289. The Kier molecular flexibility index (Phi) is 2.00. The number of nitrogens with two attached hydrogens (primary N) is 1. The molecule has 0 aromatic heterocycles. The second-order valence-electron chi connectivity index (χ2n) is 3.87. The second-order valence-corrected chi connectivity index (χ2v) is 3.87. The third kappa shape index (κ3) is 1.54. The molecule has 0 saturated heterocycles. The van der Waals surface area contributed by atoms with Crippen molar-refractivity contribution in [2.45, 2.75) is 25.8 Å². The molecule has 0 heterocycles. The van der Waals surface area contributed by atoms with Gasteiger partial charge in [0.1, 0.15) is 5.75 Å². The van der Waals surface area contributed by atoms with Gasteiger partial charge in [-0.25, -0.2) is 0 Å². The Bertz CT molecular complexity index is 298. The van der Waals surface area contributed by atoms with Crippen LogP contribution in [-0.2, 0) is 0 Å². The number of hydrogen-bond donors (Lipinski definition) is 2. The molecule has 0 radical (unpaired) electrons. The number of rotatable bonds is 2. The molecule has 0 amide bonds. The fraction of sp³-hybridized carbons (Fsp3) is 0.455. The van der Waals surface area contributed by atoms with E-state index in [1.54, 1.807) is 6.07 Å². The quantitative estimate of drug-likeness (QED) is 0.726. The third-order valence-electron chi connectivity index (χ3n) is 2.76. The van der Waals surface area contributed by atoms with Crippen molar-refractivity contribution in [2.75, 3.05) is 0 Å². The fourth-order valence-electron chi connectivity index (χ4n) is 1.79. The van der Waals surface area contributed by atoms with Gasteiger partial charge in [0.15, 0.2) is 0 Å². The summed E-state index contributed by atoms with van der Waals surface area (Å²) in [5, 5.41) is 9.66. The average molecular weight is 177 g/mol. The minimum Gasteiger partial charge on any atom is -0.508 e. The summed E-state index contributed by atoms with van der Waals surface area (Å²) >= 11 is 0. The maximum atomic E-state index is 9.66. The summed E-state index contributed by atoms with van der Waals surface area (Å²) in [5.41, 5.74) is 8.07. The highest BCUT2D eigenvalue weighted by Crippen LogP contribution is 2.42. The lowest BCUT2D eigenvalue weighted by Crippen LogP contribution is -2.13. The highest BCUT2D eigenvalue weighted by atomic mass is 16.3. The van der Waals surface area contributed by atoms with Crippen LogP contribution < -0.4 is 5.73 Å². The van der Waals surface area contributed by atoms with Crippen molar-refractivity contribution < 1.29 is 5.11 Å². The molecule has 1 atom stereocenters. The van der Waals surface area contributed by atoms with Crippen molar-refractivity contribution in [2.24, 2.45) is 11.7 Å². The normalized spacial score (nSPS) is 18.6. The van der Waals surface area contributed by atoms with Gasteiger partial charge in [0.25, 0.3) is 0 Å². The van der Waals surface area contributed by atoms with E-state index in [9.17, 15) is 5.11 Å². The first-order valence-electron chi connectivity index (χ1n) is 4.74. The lowest BCUT2D eigenvalue weighted by Gasteiger charge is -2.15. The van der Waals surface area contributed by atoms with Crippen molar-refractivity contribution in [3.63, 3.8) is 0 Å². The first-order chi connectivity index (χ1) is 6.20. The number of benzene rings is 1. The molecule has 0 spiro atoms. The molecule has 1 saturated carbocycles. The zero-order valence-electron chi connectivity index (χ0n) is 7.83. The van der Waals surface area contributed by atoms with Crippen LogP contribution in [0.15, 0.2) is 18.2 Å². The minimum atomic E-state index is 0.0289. The molecular formula is C11H15NO. The second kappa shape index (κ2) is 3.04. The van der Waals surface area contributed by atoms with Crippen molar-refractivity contribution in [1.82, 2.24) is 0 Å². The molecule has 1 aromatic carbocycles. The summed E-state index contributed by atoms with van der Waals surface area (Å²) in [6.07, 6.45) is 2.41. The Hall–Kier alpha value is -1.02. The highest BCUT2D eigenvalue weighted by Gasteiger charge is 2.31. The van der Waals surface area contributed by atoms with Gasteiger partial charge in [0, 0.05) is 11.6 Å². The third-order valence-corrected chi connectivity index (χ3v) is 2.76. The van der Waals surface area contributed by atoms with Crippen molar-refractivity contribution in [3.05, 3.63) is 29.3 Å². The topological polar surface area (TPSA) is 46.2 Å². The van der Waals surface area contributed by atoms with Crippen molar-refractivity contribution in [3.8, 4) is 5.75 Å². The highest BCUT2D eigenvalue weighted by molar-refractivity contribution is 5.41. The summed E-state index contributed by atoms with van der Waals surface area (Å²) in [4.78, 5) is 0. The van der Waals surface area contributed by atoms with E-state index in [4.69, 9.17) is 5.73 Å². The molecule has 0 aliphatic heterocycles. The van der Waals surface area contributed by atoms with Gasteiger partial charge in [0.2, 0.25) is 0 Å². The first kappa shape index (κ1) is 8.57. The van der Waals surface area contributed by atoms with Gasteiger partial charge in [-0.2, -0.15) is 0 Å². The molecule has 3 N–H and O–H groups in total. The molecule has 1 aliphatic carbocycles. The molecule has 0 unspecified atom stereocenters. The Morgan fingerprint density at radius 2 is 2.15 bits per heavy atom. The molecule has 70 valence electrons. The smallest absolute Gasteiger partial charge is 0.120 e. The van der Waals surface area contributed by atoms with E-state index in [1.165, 1.54) is 12.8 Å². The summed E-state index contributed by atoms with van der Waals surface area (Å²) in [6.45, 7) is 2.00. The molecule has 1 aliphatic rings. The van der Waals surface area contributed by atoms with Gasteiger partial charge in [-0.15, -0.1) is 0 Å². The van der Waals surface area contributed by atoms with E-state index in [1.807, 2.05) is 19.1 Å². The van der Waals surface area contributed by atoms with Gasteiger partial charge >= 0.3 is 0 Å². The van der Waals surface area contributed by atoms with Crippen LogP contribution in [0.1, 0.15) is 30.0 Å². The van der Waals surface area contributed by atoms with Crippen LogP contribution in [0.4, 0.5) is 0 Å². The largest absolute Gasteiger partial charge is 0.508 e. The van der Waals surface area contributed by atoms with Crippen LogP contribution in [0.5, 0.6) is 5.75 Å². The number of phenols is 1. The van der Waals surface area contributed by atoms with Crippen molar-refractivity contribution in [1.29, 1.82) is 0 Å². The summed E-state index contributed by atoms with van der Waals surface area (Å²) in [5.74, 6) is 0.936. The molecule has 13 heavy (non-hydrogen) atoms.